The maximum absolute atomic E-state index is 5.51. The minimum atomic E-state index is 0. The van der Waals surface area contributed by atoms with Crippen molar-refractivity contribution >= 4 is 35.8 Å². The van der Waals surface area contributed by atoms with Gasteiger partial charge >= 0.3 is 0 Å². The summed E-state index contributed by atoms with van der Waals surface area (Å²) in [6, 6.07) is 12.5. The van der Waals surface area contributed by atoms with E-state index in [4.69, 9.17) is 4.74 Å². The lowest BCUT2D eigenvalue weighted by Gasteiger charge is -2.33. The molecule has 31 heavy (non-hydrogen) atoms. The van der Waals surface area contributed by atoms with Crippen molar-refractivity contribution in [3.05, 3.63) is 53.7 Å². The number of rotatable bonds is 7. The van der Waals surface area contributed by atoms with Crippen LogP contribution in [0.2, 0.25) is 0 Å². The number of ether oxygens (including phenoxy) is 1. The van der Waals surface area contributed by atoms with Gasteiger partial charge in [-0.15, -0.1) is 24.0 Å². The Kier molecular flexibility index (Phi) is 10.3. The summed E-state index contributed by atoms with van der Waals surface area (Å²) in [7, 11) is 6.02. The van der Waals surface area contributed by atoms with E-state index in [9.17, 15) is 0 Å². The van der Waals surface area contributed by atoms with Crippen LogP contribution in [-0.2, 0) is 13.1 Å². The Morgan fingerprint density at radius 1 is 1.10 bits per heavy atom. The Morgan fingerprint density at radius 3 is 2.35 bits per heavy atom. The summed E-state index contributed by atoms with van der Waals surface area (Å²) >= 11 is 0. The monoisotopic (exact) mass is 538 g/mol. The largest absolute Gasteiger partial charge is 0.494 e. The quantitative estimate of drug-likeness (QED) is 0.333. The minimum absolute atomic E-state index is 0. The van der Waals surface area contributed by atoms with Gasteiger partial charge in [-0.2, -0.15) is 0 Å². The molecule has 3 rings (SSSR count). The fourth-order valence-corrected chi connectivity index (χ4v) is 3.52. The summed E-state index contributed by atoms with van der Waals surface area (Å²) in [5.41, 5.74) is 2.35. The Balaban J connectivity index is 0.00000341. The maximum Gasteiger partial charge on any atom is 0.193 e. The predicted molar refractivity (Wildman–Crippen MR) is 139 cm³/mol. The molecule has 1 aromatic heterocycles. The fraction of sp³-hybridized carbons (Fsp3) is 0.478. The predicted octanol–water partition coefficient (Wildman–Crippen LogP) is 3.06. The minimum Gasteiger partial charge on any atom is -0.494 e. The van der Waals surface area contributed by atoms with Gasteiger partial charge in [0, 0.05) is 59.6 Å². The second-order valence-electron chi connectivity index (χ2n) is 7.65. The zero-order valence-electron chi connectivity index (χ0n) is 19.0. The molecule has 170 valence electrons. The lowest BCUT2D eigenvalue weighted by atomic mass is 10.2. The Morgan fingerprint density at radius 2 is 1.77 bits per heavy atom. The van der Waals surface area contributed by atoms with E-state index < -0.39 is 0 Å². The van der Waals surface area contributed by atoms with Crippen LogP contribution >= 0.6 is 24.0 Å². The number of benzene rings is 1. The lowest BCUT2D eigenvalue weighted by Crippen LogP contribution is -2.44. The van der Waals surface area contributed by atoms with Gasteiger partial charge in [-0.25, -0.2) is 4.98 Å². The number of pyridine rings is 1. The normalized spacial score (nSPS) is 14.7. The smallest absolute Gasteiger partial charge is 0.193 e. The van der Waals surface area contributed by atoms with Crippen LogP contribution in [0.4, 0.5) is 5.82 Å². The van der Waals surface area contributed by atoms with Crippen LogP contribution < -0.4 is 15.0 Å². The van der Waals surface area contributed by atoms with Crippen LogP contribution in [0.25, 0.3) is 0 Å². The highest BCUT2D eigenvalue weighted by Gasteiger charge is 2.15. The van der Waals surface area contributed by atoms with Crippen molar-refractivity contribution in [3.63, 3.8) is 0 Å². The van der Waals surface area contributed by atoms with Gasteiger partial charge in [-0.3, -0.25) is 4.99 Å². The lowest BCUT2D eigenvalue weighted by molar-refractivity contribution is 0.312. The molecule has 2 aromatic rings. The first-order valence-electron chi connectivity index (χ1n) is 10.6. The third-order valence-electron chi connectivity index (χ3n) is 5.31. The fourth-order valence-electron chi connectivity index (χ4n) is 3.52. The molecule has 1 aliphatic heterocycles. The maximum atomic E-state index is 5.51. The van der Waals surface area contributed by atoms with E-state index in [2.05, 4.69) is 61.3 Å². The van der Waals surface area contributed by atoms with E-state index in [-0.39, 0.29) is 24.0 Å². The topological polar surface area (TPSA) is 56.2 Å². The van der Waals surface area contributed by atoms with Gasteiger partial charge in [0.2, 0.25) is 0 Å². The van der Waals surface area contributed by atoms with Crippen molar-refractivity contribution in [1.29, 1.82) is 0 Å². The molecule has 8 heteroatoms. The van der Waals surface area contributed by atoms with E-state index in [1.54, 1.807) is 0 Å². The summed E-state index contributed by atoms with van der Waals surface area (Å²) in [4.78, 5) is 15.9. The standard InChI is InChI=1S/C23H34N6O.HI/c1-5-30-21-9-6-19(7-10-21)18-28(4)23(24-2)26-17-20-8-11-22(25-16-20)29-14-12-27(3)13-15-29;/h6-11,16H,5,12-15,17-18H2,1-4H3,(H,24,26);1H. The van der Waals surface area contributed by atoms with Crippen molar-refractivity contribution in [1.82, 2.24) is 20.1 Å². The van der Waals surface area contributed by atoms with Crippen LogP contribution in [0, 0.1) is 0 Å². The molecule has 0 unspecified atom stereocenters. The molecule has 1 aliphatic rings. The number of aliphatic imine (C=N–C) groups is 1. The third-order valence-corrected chi connectivity index (χ3v) is 5.31. The molecule has 0 amide bonds. The van der Waals surface area contributed by atoms with Gasteiger partial charge in [0.1, 0.15) is 11.6 Å². The molecule has 7 nitrogen and oxygen atoms in total. The Bertz CT molecular complexity index is 804. The summed E-state index contributed by atoms with van der Waals surface area (Å²) in [5, 5.41) is 3.43. The molecular weight excluding hydrogens is 503 g/mol. The van der Waals surface area contributed by atoms with Crippen LogP contribution in [-0.4, -0.2) is 74.7 Å². The number of guanidine groups is 1. The molecule has 1 N–H and O–H groups in total. The first-order valence-corrected chi connectivity index (χ1v) is 10.6. The second kappa shape index (κ2) is 12.7. The van der Waals surface area contributed by atoms with Crippen LogP contribution in [0.3, 0.4) is 0 Å². The zero-order chi connectivity index (χ0) is 21.3. The van der Waals surface area contributed by atoms with E-state index >= 15 is 0 Å². The average Bonchev–Trinajstić information content (AvgIpc) is 2.77. The number of halogens is 1. The Hall–Kier alpha value is -2.07. The molecule has 0 saturated carbocycles. The number of aromatic nitrogens is 1. The second-order valence-corrected chi connectivity index (χ2v) is 7.65. The Labute approximate surface area is 203 Å². The summed E-state index contributed by atoms with van der Waals surface area (Å²) in [5.74, 6) is 2.81. The van der Waals surface area contributed by atoms with E-state index in [1.165, 1.54) is 5.56 Å². The van der Waals surface area contributed by atoms with Crippen molar-refractivity contribution < 1.29 is 4.74 Å². The molecule has 0 radical (unpaired) electrons. The zero-order valence-corrected chi connectivity index (χ0v) is 21.4. The number of nitrogens with zero attached hydrogens (tertiary/aromatic N) is 5. The molecule has 1 fully saturated rings. The number of nitrogens with one attached hydrogen (secondary N) is 1. The molecule has 0 aliphatic carbocycles. The number of hydrogen-bond acceptors (Lipinski definition) is 5. The number of likely N-dealkylation sites (N-methyl/N-ethyl adjacent to an activating group) is 1. The van der Waals surface area contributed by atoms with Gasteiger partial charge in [0.05, 0.1) is 6.61 Å². The molecule has 0 bridgehead atoms. The van der Waals surface area contributed by atoms with Crippen molar-refractivity contribution in [3.8, 4) is 5.75 Å². The summed E-state index contributed by atoms with van der Waals surface area (Å²) < 4.78 is 5.51. The van der Waals surface area contributed by atoms with Gasteiger partial charge in [0.25, 0.3) is 0 Å². The molecule has 1 saturated heterocycles. The number of piperazine rings is 1. The van der Waals surface area contributed by atoms with E-state index in [1.807, 2.05) is 39.3 Å². The summed E-state index contributed by atoms with van der Waals surface area (Å²) in [6.45, 7) is 8.37. The molecule has 2 heterocycles. The highest BCUT2D eigenvalue weighted by molar-refractivity contribution is 14.0. The third kappa shape index (κ3) is 7.53. The SMILES string of the molecule is CCOc1ccc(CN(C)C(=NC)NCc2ccc(N3CCN(C)CC3)nc2)cc1.I. The van der Waals surface area contributed by atoms with Crippen molar-refractivity contribution in [2.24, 2.45) is 4.99 Å². The van der Waals surface area contributed by atoms with Crippen LogP contribution in [0.5, 0.6) is 5.75 Å². The van der Waals surface area contributed by atoms with Gasteiger partial charge < -0.3 is 24.8 Å². The molecule has 0 atom stereocenters. The van der Waals surface area contributed by atoms with Crippen molar-refractivity contribution in [2.45, 2.75) is 20.0 Å². The number of anilines is 1. The summed E-state index contributed by atoms with van der Waals surface area (Å²) in [6.07, 6.45) is 1.96. The number of hydrogen-bond donors (Lipinski definition) is 1. The highest BCUT2D eigenvalue weighted by Crippen LogP contribution is 2.15. The van der Waals surface area contributed by atoms with E-state index in [0.717, 1.165) is 55.8 Å². The van der Waals surface area contributed by atoms with Gasteiger partial charge in [-0.1, -0.05) is 18.2 Å². The first-order chi connectivity index (χ1) is 14.6. The van der Waals surface area contributed by atoms with Crippen LogP contribution in [0.15, 0.2) is 47.6 Å². The first kappa shape index (κ1) is 25.2. The molecular formula is C23H35IN6O. The van der Waals surface area contributed by atoms with Gasteiger partial charge in [-0.05, 0) is 43.3 Å². The molecule has 0 spiro atoms. The van der Waals surface area contributed by atoms with Crippen molar-refractivity contribution in [2.75, 3.05) is 58.8 Å². The molecule has 1 aromatic carbocycles. The van der Waals surface area contributed by atoms with E-state index in [0.29, 0.717) is 13.2 Å². The van der Waals surface area contributed by atoms with Crippen LogP contribution in [0.1, 0.15) is 18.1 Å². The average molecular weight is 538 g/mol. The van der Waals surface area contributed by atoms with Gasteiger partial charge in [0.15, 0.2) is 5.96 Å². The highest BCUT2D eigenvalue weighted by atomic mass is 127.